The smallest absolute Gasteiger partial charge is 0.412 e. The molecule has 4 aromatic rings. The maximum absolute atomic E-state index is 2.00. The van der Waals surface area contributed by atoms with Gasteiger partial charge in [-0.2, -0.15) is 72.8 Å². The number of hydrogen-bond donors (Lipinski definition) is 0. The molecule has 0 fully saturated rings. The molecule has 4 rings (SSSR count). The SMILES string of the molecule is O.[Ti+2].[Ti+2].c1cc[cH-]c1.c1cc[cH-]c1.c1cc[cH-]c1.c1cc[cH-]c1. The van der Waals surface area contributed by atoms with E-state index in [1.54, 1.807) is 0 Å². The predicted octanol–water partition coefficient (Wildman–Crippen LogP) is 4.79. The third-order valence-corrected chi connectivity index (χ3v) is 2.22. The summed E-state index contributed by atoms with van der Waals surface area (Å²) in [6.07, 6.45) is 0. The van der Waals surface area contributed by atoms with Crippen LogP contribution in [0, 0.1) is 0 Å². The van der Waals surface area contributed by atoms with Crippen LogP contribution in [0.25, 0.3) is 0 Å². The van der Waals surface area contributed by atoms with Crippen LogP contribution in [-0.2, 0) is 43.4 Å². The second-order valence-electron chi connectivity index (χ2n) is 3.85. The first kappa shape index (κ1) is 26.7. The fourth-order valence-corrected chi connectivity index (χ4v) is 1.28. The van der Waals surface area contributed by atoms with E-state index in [1.807, 2.05) is 121 Å². The zero-order valence-electron chi connectivity index (χ0n) is 13.0. The third-order valence-electron chi connectivity index (χ3n) is 2.22. The molecular formula is C20H22OTi2. The molecular weight excluding hydrogens is 352 g/mol. The summed E-state index contributed by atoms with van der Waals surface area (Å²) in [5.41, 5.74) is 0. The van der Waals surface area contributed by atoms with Crippen molar-refractivity contribution in [3.05, 3.63) is 121 Å². The largest absolute Gasteiger partial charge is 2.00 e. The van der Waals surface area contributed by atoms with Crippen LogP contribution in [0.15, 0.2) is 121 Å². The summed E-state index contributed by atoms with van der Waals surface area (Å²) in [4.78, 5) is 0. The molecule has 0 aliphatic heterocycles. The maximum Gasteiger partial charge on any atom is 2.00 e. The van der Waals surface area contributed by atoms with Gasteiger partial charge in [0.1, 0.15) is 0 Å². The molecule has 0 saturated carbocycles. The van der Waals surface area contributed by atoms with Gasteiger partial charge in [0, 0.05) is 0 Å². The fraction of sp³-hybridized carbons (Fsp3) is 0. The second kappa shape index (κ2) is 23.1. The van der Waals surface area contributed by atoms with Gasteiger partial charge in [-0.3, -0.25) is 0 Å². The number of rotatable bonds is 0. The second-order valence-corrected chi connectivity index (χ2v) is 3.85. The average molecular weight is 374 g/mol. The molecule has 0 heterocycles. The van der Waals surface area contributed by atoms with Crippen LogP contribution in [-0.4, -0.2) is 5.48 Å². The van der Waals surface area contributed by atoms with Crippen molar-refractivity contribution < 1.29 is 48.9 Å². The van der Waals surface area contributed by atoms with Crippen LogP contribution in [0.1, 0.15) is 0 Å². The minimum absolute atomic E-state index is 0. The minimum atomic E-state index is 0. The minimum Gasteiger partial charge on any atom is -0.412 e. The van der Waals surface area contributed by atoms with E-state index in [0.717, 1.165) is 0 Å². The van der Waals surface area contributed by atoms with Gasteiger partial charge in [-0.15, -0.1) is 0 Å². The van der Waals surface area contributed by atoms with Crippen molar-refractivity contribution in [2.24, 2.45) is 0 Å². The van der Waals surface area contributed by atoms with E-state index >= 15 is 0 Å². The van der Waals surface area contributed by atoms with E-state index < -0.39 is 0 Å². The Bertz CT molecular complexity index is 347. The van der Waals surface area contributed by atoms with E-state index in [-0.39, 0.29) is 48.9 Å². The molecule has 1 nitrogen and oxygen atoms in total. The van der Waals surface area contributed by atoms with Crippen LogP contribution in [0.2, 0.25) is 0 Å². The molecule has 0 saturated heterocycles. The third kappa shape index (κ3) is 20.8. The summed E-state index contributed by atoms with van der Waals surface area (Å²) < 4.78 is 0. The van der Waals surface area contributed by atoms with Gasteiger partial charge in [0.2, 0.25) is 0 Å². The Labute approximate surface area is 169 Å². The fourth-order valence-electron chi connectivity index (χ4n) is 1.28. The molecule has 2 N–H and O–H groups in total. The van der Waals surface area contributed by atoms with E-state index in [1.165, 1.54) is 0 Å². The predicted molar refractivity (Wildman–Crippen MR) is 91.8 cm³/mol. The molecule has 0 bridgehead atoms. The van der Waals surface area contributed by atoms with Crippen molar-refractivity contribution in [2.45, 2.75) is 0 Å². The van der Waals surface area contributed by atoms with Crippen molar-refractivity contribution in [1.82, 2.24) is 0 Å². The summed E-state index contributed by atoms with van der Waals surface area (Å²) in [5, 5.41) is 0. The standard InChI is InChI=1S/4C5H5.H2O.2Ti/c4*1-2-4-5-3-1;;;/h4*1-5H;1H2;;/q4*-1;;2*+2. The van der Waals surface area contributed by atoms with Crippen LogP contribution < -0.4 is 0 Å². The molecule has 0 unspecified atom stereocenters. The van der Waals surface area contributed by atoms with Crippen LogP contribution >= 0.6 is 0 Å². The monoisotopic (exact) mass is 374 g/mol. The molecule has 0 spiro atoms. The first-order valence-electron chi connectivity index (χ1n) is 6.67. The molecule has 0 atom stereocenters. The van der Waals surface area contributed by atoms with E-state index in [4.69, 9.17) is 0 Å². The summed E-state index contributed by atoms with van der Waals surface area (Å²) >= 11 is 0. The molecule has 23 heavy (non-hydrogen) atoms. The van der Waals surface area contributed by atoms with Crippen molar-refractivity contribution in [3.63, 3.8) is 0 Å². The van der Waals surface area contributed by atoms with Gasteiger partial charge in [-0.1, -0.05) is 0 Å². The molecule has 0 amide bonds. The first-order valence-corrected chi connectivity index (χ1v) is 6.67. The van der Waals surface area contributed by atoms with Crippen molar-refractivity contribution in [2.75, 3.05) is 0 Å². The molecule has 0 aliphatic rings. The van der Waals surface area contributed by atoms with Crippen LogP contribution in [0.4, 0.5) is 0 Å². The summed E-state index contributed by atoms with van der Waals surface area (Å²) in [6.45, 7) is 0. The van der Waals surface area contributed by atoms with Crippen molar-refractivity contribution >= 4 is 0 Å². The van der Waals surface area contributed by atoms with E-state index in [2.05, 4.69) is 0 Å². The van der Waals surface area contributed by atoms with Crippen molar-refractivity contribution in [3.8, 4) is 0 Å². The van der Waals surface area contributed by atoms with Crippen molar-refractivity contribution in [1.29, 1.82) is 0 Å². The molecule has 4 aromatic carbocycles. The van der Waals surface area contributed by atoms with Gasteiger partial charge in [0.15, 0.2) is 0 Å². The van der Waals surface area contributed by atoms with Crippen LogP contribution in [0.3, 0.4) is 0 Å². The van der Waals surface area contributed by atoms with Gasteiger partial charge < -0.3 is 5.48 Å². The average Bonchev–Trinajstić information content (AvgIpc) is 3.40. The normalized spacial score (nSPS) is 6.96. The quantitative estimate of drug-likeness (QED) is 0.313. The Hall–Kier alpha value is -1.21. The Morgan fingerprint density at radius 1 is 0.304 bits per heavy atom. The van der Waals surface area contributed by atoms with Gasteiger partial charge in [0.25, 0.3) is 0 Å². The number of hydrogen-bond acceptors (Lipinski definition) is 0. The van der Waals surface area contributed by atoms with E-state index in [0.29, 0.717) is 0 Å². The van der Waals surface area contributed by atoms with Gasteiger partial charge in [-0.05, 0) is 0 Å². The summed E-state index contributed by atoms with van der Waals surface area (Å²) in [7, 11) is 0. The Kier molecular flexibility index (Phi) is 26.7. The van der Waals surface area contributed by atoms with Gasteiger partial charge >= 0.3 is 43.4 Å². The summed E-state index contributed by atoms with van der Waals surface area (Å²) in [5.74, 6) is 0. The summed E-state index contributed by atoms with van der Waals surface area (Å²) in [6, 6.07) is 40.0. The molecule has 0 aromatic heterocycles. The zero-order chi connectivity index (χ0) is 14.1. The topological polar surface area (TPSA) is 31.5 Å². The molecule has 3 heteroatoms. The van der Waals surface area contributed by atoms with Gasteiger partial charge in [-0.25, -0.2) is 48.5 Å². The molecule has 0 radical (unpaired) electrons. The molecule has 0 aliphatic carbocycles. The van der Waals surface area contributed by atoms with Gasteiger partial charge in [0.05, 0.1) is 0 Å². The van der Waals surface area contributed by atoms with E-state index in [9.17, 15) is 0 Å². The van der Waals surface area contributed by atoms with Crippen LogP contribution in [0.5, 0.6) is 0 Å². The Morgan fingerprint density at radius 3 is 0.478 bits per heavy atom. The first-order chi connectivity index (χ1) is 10.0. The zero-order valence-corrected chi connectivity index (χ0v) is 16.2. The Morgan fingerprint density at radius 2 is 0.435 bits per heavy atom. The Balaban J connectivity index is -0.000000222. The maximum atomic E-state index is 2.00. The molecule has 116 valence electrons.